The van der Waals surface area contributed by atoms with Crippen LogP contribution in [0.15, 0.2) is 36.5 Å². The number of piperidine rings is 2. The van der Waals surface area contributed by atoms with Crippen molar-refractivity contribution in [3.8, 4) is 0 Å². The van der Waals surface area contributed by atoms with Gasteiger partial charge in [0, 0.05) is 42.0 Å². The number of amides is 1. The zero-order valence-corrected chi connectivity index (χ0v) is 21.1. The van der Waals surface area contributed by atoms with Crippen LogP contribution in [-0.4, -0.2) is 47.5 Å². The van der Waals surface area contributed by atoms with Crippen molar-refractivity contribution in [1.29, 1.82) is 0 Å². The van der Waals surface area contributed by atoms with Gasteiger partial charge in [0.1, 0.15) is 0 Å². The van der Waals surface area contributed by atoms with Crippen LogP contribution >= 0.6 is 23.2 Å². The molecule has 0 bridgehead atoms. The number of benzene rings is 1. The van der Waals surface area contributed by atoms with Crippen molar-refractivity contribution in [2.45, 2.75) is 64.5 Å². The lowest BCUT2D eigenvalue weighted by Crippen LogP contribution is -2.45. The highest BCUT2D eigenvalue weighted by Crippen LogP contribution is 2.32. The molecular weight excluding hydrogens is 455 g/mol. The topological polar surface area (TPSA) is 48.5 Å². The van der Waals surface area contributed by atoms with E-state index in [1.54, 1.807) is 36.5 Å². The molecule has 2 fully saturated rings. The first-order chi connectivity index (χ1) is 15.9. The summed E-state index contributed by atoms with van der Waals surface area (Å²) in [5, 5.41) is 4.02. The first kappa shape index (κ1) is 24.3. The van der Waals surface area contributed by atoms with Crippen molar-refractivity contribution in [2.24, 2.45) is 5.92 Å². The lowest BCUT2D eigenvalue weighted by molar-refractivity contribution is 0.0939. The molecule has 7 heteroatoms. The Morgan fingerprint density at radius 2 is 1.79 bits per heavy atom. The predicted octanol–water partition coefficient (Wildman–Crippen LogP) is 6.51. The van der Waals surface area contributed by atoms with Crippen molar-refractivity contribution in [3.63, 3.8) is 0 Å². The minimum Gasteiger partial charge on any atom is -0.355 e. The van der Waals surface area contributed by atoms with Crippen LogP contribution in [0.25, 0.3) is 0 Å². The van der Waals surface area contributed by atoms with Gasteiger partial charge in [-0.3, -0.25) is 9.69 Å². The molecule has 2 aromatic rings. The summed E-state index contributed by atoms with van der Waals surface area (Å²) in [6.07, 6.45) is 9.21. The molecule has 33 heavy (non-hydrogen) atoms. The molecule has 3 heterocycles. The molecule has 1 aromatic heterocycles. The predicted molar refractivity (Wildman–Crippen MR) is 138 cm³/mol. The maximum Gasteiger partial charge on any atom is 0.255 e. The van der Waals surface area contributed by atoms with Crippen LogP contribution in [0.4, 0.5) is 11.5 Å². The molecule has 0 aliphatic carbocycles. The molecule has 2 saturated heterocycles. The average molecular weight is 489 g/mol. The molecule has 2 aliphatic rings. The summed E-state index contributed by atoms with van der Waals surface area (Å²) in [6.45, 7) is 7.83. The van der Waals surface area contributed by atoms with Gasteiger partial charge in [0.2, 0.25) is 0 Å². The number of anilines is 2. The summed E-state index contributed by atoms with van der Waals surface area (Å²) < 4.78 is 0. The van der Waals surface area contributed by atoms with Gasteiger partial charge < -0.3 is 10.2 Å². The molecule has 0 unspecified atom stereocenters. The van der Waals surface area contributed by atoms with Gasteiger partial charge in [-0.2, -0.15) is 0 Å². The molecule has 2 aliphatic heterocycles. The maximum atomic E-state index is 12.8. The second-order valence-corrected chi connectivity index (χ2v) is 10.4. The Morgan fingerprint density at radius 1 is 1.06 bits per heavy atom. The second-order valence-electron chi connectivity index (χ2n) is 9.58. The third-order valence-electron chi connectivity index (χ3n) is 7.25. The number of carbonyl (C=O) groups is 1. The molecule has 178 valence electrons. The van der Waals surface area contributed by atoms with Crippen LogP contribution in [-0.2, 0) is 0 Å². The van der Waals surface area contributed by atoms with E-state index in [1.165, 1.54) is 32.2 Å². The molecule has 5 nitrogen and oxygen atoms in total. The van der Waals surface area contributed by atoms with Crippen molar-refractivity contribution in [2.75, 3.05) is 29.9 Å². The summed E-state index contributed by atoms with van der Waals surface area (Å²) in [5.74, 6) is 1.30. The Balaban J connectivity index is 1.36. The highest BCUT2D eigenvalue weighted by atomic mass is 35.5. The van der Waals surface area contributed by atoms with Gasteiger partial charge in [-0.15, -0.1) is 0 Å². The van der Waals surface area contributed by atoms with Gasteiger partial charge in [0.15, 0.2) is 5.82 Å². The quantitative estimate of drug-likeness (QED) is 0.503. The van der Waals surface area contributed by atoms with E-state index in [0.717, 1.165) is 37.7 Å². The van der Waals surface area contributed by atoms with Gasteiger partial charge in [-0.05, 0) is 82.7 Å². The minimum atomic E-state index is -0.220. The van der Waals surface area contributed by atoms with Crippen molar-refractivity contribution >= 4 is 40.6 Å². The number of aromatic nitrogens is 1. The molecule has 1 aromatic carbocycles. The number of pyridine rings is 1. The number of likely N-dealkylation sites (tertiary alicyclic amines) is 1. The van der Waals surface area contributed by atoms with E-state index in [9.17, 15) is 4.79 Å². The Labute approximate surface area is 207 Å². The van der Waals surface area contributed by atoms with Crippen LogP contribution < -0.4 is 10.2 Å². The fourth-order valence-corrected chi connectivity index (χ4v) is 5.63. The van der Waals surface area contributed by atoms with Crippen LogP contribution in [0.3, 0.4) is 0 Å². The lowest BCUT2D eigenvalue weighted by atomic mass is 9.91. The Morgan fingerprint density at radius 3 is 2.48 bits per heavy atom. The van der Waals surface area contributed by atoms with Gasteiger partial charge in [-0.1, -0.05) is 35.7 Å². The molecule has 2 atom stereocenters. The second kappa shape index (κ2) is 11.1. The summed E-state index contributed by atoms with van der Waals surface area (Å²) in [5.41, 5.74) is 1.15. The first-order valence-electron chi connectivity index (χ1n) is 12.1. The number of rotatable bonds is 6. The number of hydrogen-bond acceptors (Lipinski definition) is 4. The monoisotopic (exact) mass is 488 g/mol. The van der Waals surface area contributed by atoms with Crippen LogP contribution in [0, 0.1) is 5.92 Å². The number of nitrogens with zero attached hydrogens (tertiary/aromatic N) is 3. The number of carbonyl (C=O) groups excluding carboxylic acids is 1. The van der Waals surface area contributed by atoms with Crippen LogP contribution in [0.5, 0.6) is 0 Å². The number of nitrogens with one attached hydrogen (secondary N) is 1. The van der Waals surface area contributed by atoms with Crippen molar-refractivity contribution in [1.82, 2.24) is 9.88 Å². The maximum absolute atomic E-state index is 12.8. The SMILES string of the molecule is C[C@@H]1CCC[C@H](C)N1CCC1CCN(c2ncc(Cl)cc2NC(=O)c2cccc(Cl)c2)CC1. The first-order valence-corrected chi connectivity index (χ1v) is 12.9. The van der Waals surface area contributed by atoms with E-state index < -0.39 is 0 Å². The molecule has 4 rings (SSSR count). The highest BCUT2D eigenvalue weighted by Gasteiger charge is 2.27. The molecule has 0 saturated carbocycles. The van der Waals surface area contributed by atoms with E-state index in [2.05, 4.69) is 33.9 Å². The fraction of sp³-hybridized carbons (Fsp3) is 0.538. The number of halogens is 2. The zero-order chi connectivity index (χ0) is 23.4. The van der Waals surface area contributed by atoms with Gasteiger partial charge in [0.25, 0.3) is 5.91 Å². The molecule has 1 N–H and O–H groups in total. The van der Waals surface area contributed by atoms with Gasteiger partial charge in [0.05, 0.1) is 10.7 Å². The smallest absolute Gasteiger partial charge is 0.255 e. The summed E-state index contributed by atoms with van der Waals surface area (Å²) in [7, 11) is 0. The normalized spacial score (nSPS) is 22.4. The Bertz CT molecular complexity index is 951. The van der Waals surface area contributed by atoms with E-state index >= 15 is 0 Å². The van der Waals surface area contributed by atoms with Crippen molar-refractivity contribution < 1.29 is 4.79 Å². The largest absolute Gasteiger partial charge is 0.355 e. The van der Waals surface area contributed by atoms with E-state index in [-0.39, 0.29) is 5.91 Å². The summed E-state index contributed by atoms with van der Waals surface area (Å²) in [4.78, 5) is 22.3. The Kier molecular flexibility index (Phi) is 8.15. The number of hydrogen-bond donors (Lipinski definition) is 1. The molecule has 0 spiro atoms. The average Bonchev–Trinajstić information content (AvgIpc) is 2.79. The van der Waals surface area contributed by atoms with E-state index in [0.29, 0.717) is 33.4 Å². The minimum absolute atomic E-state index is 0.220. The zero-order valence-electron chi connectivity index (χ0n) is 19.6. The van der Waals surface area contributed by atoms with Crippen molar-refractivity contribution in [3.05, 3.63) is 52.1 Å². The van der Waals surface area contributed by atoms with E-state index in [1.807, 2.05) is 0 Å². The Hall–Kier alpha value is -1.82. The molecule has 1 amide bonds. The summed E-state index contributed by atoms with van der Waals surface area (Å²) in [6, 6.07) is 10.1. The molecule has 0 radical (unpaired) electrons. The van der Waals surface area contributed by atoms with Gasteiger partial charge >= 0.3 is 0 Å². The third kappa shape index (κ3) is 6.20. The summed E-state index contributed by atoms with van der Waals surface area (Å²) >= 11 is 12.3. The van der Waals surface area contributed by atoms with Crippen LogP contribution in [0.2, 0.25) is 10.0 Å². The van der Waals surface area contributed by atoms with E-state index in [4.69, 9.17) is 23.2 Å². The molecular formula is C26H34Cl2N4O. The lowest BCUT2D eigenvalue weighted by Gasteiger charge is -2.40. The third-order valence-corrected chi connectivity index (χ3v) is 7.70. The fourth-order valence-electron chi connectivity index (χ4n) is 5.28. The standard InChI is InChI=1S/C26H34Cl2N4O/c1-18-5-3-6-19(2)32(18)14-11-20-9-12-31(13-10-20)25-24(16-23(28)17-29-25)30-26(33)21-7-4-8-22(27)15-21/h4,7-8,15-20H,3,5-6,9-14H2,1-2H3,(H,30,33)/t18-,19+. The highest BCUT2D eigenvalue weighted by molar-refractivity contribution is 6.31. The van der Waals surface area contributed by atoms with Gasteiger partial charge in [-0.25, -0.2) is 4.98 Å². The van der Waals surface area contributed by atoms with Crippen LogP contribution in [0.1, 0.15) is 62.7 Å².